The molecular weight excluding hydrogens is 470 g/mol. The zero-order chi connectivity index (χ0) is 25.8. The number of ether oxygens (including phenoxy) is 1. The molecule has 1 saturated carbocycles. The molecule has 9 nitrogen and oxygen atoms in total. The average molecular weight is 510 g/mol. The highest BCUT2D eigenvalue weighted by Crippen LogP contribution is 2.36. The Morgan fingerprint density at radius 1 is 1.00 bits per heavy atom. The molecule has 1 aliphatic carbocycles. The third-order valence-corrected chi connectivity index (χ3v) is 9.05. The molecule has 200 valence electrons. The molecule has 3 N–H and O–H groups in total. The largest absolute Gasteiger partial charge is 0.489 e. The number of hydrogen-bond acceptors (Lipinski definition) is 7. The Morgan fingerprint density at radius 2 is 1.70 bits per heavy atom. The van der Waals surface area contributed by atoms with Crippen LogP contribution in [0.4, 0.5) is 0 Å². The number of nitrogens with zero attached hydrogens (tertiary/aromatic N) is 2. The summed E-state index contributed by atoms with van der Waals surface area (Å²) in [5.41, 5.74) is 2.14. The summed E-state index contributed by atoms with van der Waals surface area (Å²) in [6.07, 6.45) is 4.08. The maximum Gasteiger partial charge on any atom is 0.255 e. The first-order valence-corrected chi connectivity index (χ1v) is 13.8. The van der Waals surface area contributed by atoms with E-state index in [1.54, 1.807) is 4.90 Å². The topological polar surface area (TPSA) is 103 Å². The molecule has 4 fully saturated rings. The van der Waals surface area contributed by atoms with Gasteiger partial charge in [-0.1, -0.05) is 13.8 Å². The van der Waals surface area contributed by atoms with Crippen molar-refractivity contribution in [3.63, 3.8) is 0 Å². The minimum Gasteiger partial charge on any atom is -0.489 e. The molecule has 4 heterocycles. The van der Waals surface area contributed by atoms with Crippen LogP contribution in [0.3, 0.4) is 0 Å². The van der Waals surface area contributed by atoms with E-state index in [2.05, 4.69) is 34.7 Å². The third-order valence-electron chi connectivity index (χ3n) is 9.05. The summed E-state index contributed by atoms with van der Waals surface area (Å²) in [6, 6.07) is 5.50. The van der Waals surface area contributed by atoms with Crippen molar-refractivity contribution in [2.75, 3.05) is 39.3 Å². The van der Waals surface area contributed by atoms with E-state index in [0.29, 0.717) is 35.4 Å². The lowest BCUT2D eigenvalue weighted by Gasteiger charge is -2.50. The standard InChI is InChI=1S/C28H39N5O4/c1-27(12-29-13-27)16-32(17-28(2)14-30-15-28)21-4-3-5-23(21)37-19-6-7-20-18(10-19)11-33(26(20)36)22-8-9-24(34)31-25(22)35/h6-7,10,21-23,29-30H,3-5,8-9,11-17H2,1-2H3,(H,31,34,35)/t21-,22?,23-/m0/s1. The molecule has 0 aromatic heterocycles. The lowest BCUT2D eigenvalue weighted by atomic mass is 9.80. The number of carbonyl (C=O) groups excluding carboxylic acids is 3. The monoisotopic (exact) mass is 509 g/mol. The number of nitrogens with one attached hydrogen (secondary N) is 3. The van der Waals surface area contributed by atoms with Crippen molar-refractivity contribution in [3.05, 3.63) is 29.3 Å². The van der Waals surface area contributed by atoms with E-state index in [4.69, 9.17) is 4.74 Å². The van der Waals surface area contributed by atoms with E-state index >= 15 is 0 Å². The summed E-state index contributed by atoms with van der Waals surface area (Å²) in [4.78, 5) is 41.3. The Morgan fingerprint density at radius 3 is 2.32 bits per heavy atom. The predicted molar refractivity (Wildman–Crippen MR) is 138 cm³/mol. The van der Waals surface area contributed by atoms with Crippen LogP contribution >= 0.6 is 0 Å². The first-order valence-electron chi connectivity index (χ1n) is 13.8. The van der Waals surface area contributed by atoms with Gasteiger partial charge in [-0.3, -0.25) is 24.6 Å². The number of imide groups is 1. The molecule has 4 aliphatic heterocycles. The summed E-state index contributed by atoms with van der Waals surface area (Å²) in [5.74, 6) is -0.00730. The zero-order valence-electron chi connectivity index (χ0n) is 22.0. The van der Waals surface area contributed by atoms with Gasteiger partial charge in [0.15, 0.2) is 0 Å². The molecule has 3 amide bonds. The van der Waals surface area contributed by atoms with E-state index in [9.17, 15) is 14.4 Å². The van der Waals surface area contributed by atoms with Crippen LogP contribution in [0.15, 0.2) is 18.2 Å². The van der Waals surface area contributed by atoms with Crippen molar-refractivity contribution >= 4 is 17.7 Å². The van der Waals surface area contributed by atoms with Gasteiger partial charge < -0.3 is 20.3 Å². The van der Waals surface area contributed by atoms with Gasteiger partial charge in [0.1, 0.15) is 17.9 Å². The van der Waals surface area contributed by atoms with Gasteiger partial charge in [-0.25, -0.2) is 0 Å². The van der Waals surface area contributed by atoms with Crippen molar-refractivity contribution in [2.45, 2.75) is 70.7 Å². The van der Waals surface area contributed by atoms with E-state index < -0.39 is 6.04 Å². The molecule has 3 saturated heterocycles. The highest BCUT2D eigenvalue weighted by molar-refractivity contribution is 6.05. The van der Waals surface area contributed by atoms with Crippen LogP contribution in [-0.2, 0) is 16.1 Å². The fourth-order valence-corrected chi connectivity index (χ4v) is 6.86. The maximum atomic E-state index is 13.1. The zero-order valence-corrected chi connectivity index (χ0v) is 22.0. The molecule has 0 radical (unpaired) electrons. The number of rotatable bonds is 8. The van der Waals surface area contributed by atoms with Crippen molar-refractivity contribution in [1.29, 1.82) is 0 Å². The summed E-state index contributed by atoms with van der Waals surface area (Å²) < 4.78 is 6.65. The van der Waals surface area contributed by atoms with Crippen LogP contribution in [0, 0.1) is 10.8 Å². The Hall–Kier alpha value is -2.49. The summed E-state index contributed by atoms with van der Waals surface area (Å²) in [5, 5.41) is 9.28. The average Bonchev–Trinajstić information content (AvgIpc) is 3.41. The molecule has 1 aromatic rings. The summed E-state index contributed by atoms with van der Waals surface area (Å²) >= 11 is 0. The molecule has 1 unspecified atom stereocenters. The maximum absolute atomic E-state index is 13.1. The highest BCUT2D eigenvalue weighted by Gasteiger charge is 2.44. The molecule has 6 rings (SSSR count). The van der Waals surface area contributed by atoms with Gasteiger partial charge in [-0.15, -0.1) is 0 Å². The predicted octanol–water partition coefficient (Wildman–Crippen LogP) is 1.27. The molecule has 5 aliphatic rings. The fourth-order valence-electron chi connectivity index (χ4n) is 6.86. The van der Waals surface area contributed by atoms with Crippen molar-refractivity contribution in [3.8, 4) is 5.75 Å². The van der Waals surface area contributed by atoms with Gasteiger partial charge in [0.05, 0.1) is 0 Å². The second-order valence-electron chi connectivity index (χ2n) is 12.6. The molecule has 0 bridgehead atoms. The Balaban J connectivity index is 1.16. The van der Waals surface area contributed by atoms with Crippen LogP contribution < -0.4 is 20.7 Å². The normalized spacial score (nSPS) is 30.1. The minimum atomic E-state index is -0.598. The molecule has 0 spiro atoms. The van der Waals surface area contributed by atoms with Gasteiger partial charge in [0.2, 0.25) is 11.8 Å². The van der Waals surface area contributed by atoms with Crippen LogP contribution in [0.25, 0.3) is 0 Å². The number of carbonyl (C=O) groups is 3. The SMILES string of the molecule is CC1(CN(CC2(C)CNC2)[C@H]2CCC[C@@H]2Oc2ccc3c(c2)CN(C2CCC(=O)NC2=O)C3=O)CNC1. The van der Waals surface area contributed by atoms with Crippen molar-refractivity contribution in [1.82, 2.24) is 25.8 Å². The minimum absolute atomic E-state index is 0.120. The van der Waals surface area contributed by atoms with Crippen LogP contribution in [0.5, 0.6) is 5.75 Å². The van der Waals surface area contributed by atoms with E-state index in [-0.39, 0.29) is 30.2 Å². The second kappa shape index (κ2) is 9.36. The Labute approximate surface area is 218 Å². The molecule has 37 heavy (non-hydrogen) atoms. The van der Waals surface area contributed by atoms with Crippen LogP contribution in [-0.4, -0.2) is 85.0 Å². The van der Waals surface area contributed by atoms with Crippen LogP contribution in [0.2, 0.25) is 0 Å². The molecular formula is C28H39N5O4. The first kappa shape index (κ1) is 24.8. The molecule has 9 heteroatoms. The smallest absolute Gasteiger partial charge is 0.255 e. The lowest BCUT2D eigenvalue weighted by molar-refractivity contribution is -0.136. The van der Waals surface area contributed by atoms with Gasteiger partial charge in [-0.05, 0) is 49.4 Å². The third kappa shape index (κ3) is 4.77. The van der Waals surface area contributed by atoms with Crippen molar-refractivity contribution < 1.29 is 19.1 Å². The number of fused-ring (bicyclic) bond motifs is 1. The van der Waals surface area contributed by atoms with E-state index in [1.807, 2.05) is 18.2 Å². The fraction of sp³-hybridized carbons (Fsp3) is 0.679. The van der Waals surface area contributed by atoms with Gasteiger partial charge >= 0.3 is 0 Å². The van der Waals surface area contributed by atoms with E-state index in [0.717, 1.165) is 69.8 Å². The first-order chi connectivity index (χ1) is 17.7. The van der Waals surface area contributed by atoms with Gasteiger partial charge in [0.25, 0.3) is 5.91 Å². The Bertz CT molecular complexity index is 1080. The number of hydrogen-bond donors (Lipinski definition) is 3. The summed E-state index contributed by atoms with van der Waals surface area (Å²) in [7, 11) is 0. The summed E-state index contributed by atoms with van der Waals surface area (Å²) in [6.45, 7) is 11.6. The van der Waals surface area contributed by atoms with Gasteiger partial charge in [0, 0.05) is 74.7 Å². The van der Waals surface area contributed by atoms with Gasteiger partial charge in [-0.2, -0.15) is 0 Å². The van der Waals surface area contributed by atoms with Crippen molar-refractivity contribution in [2.24, 2.45) is 10.8 Å². The number of benzene rings is 1. The van der Waals surface area contributed by atoms with E-state index in [1.165, 1.54) is 0 Å². The second-order valence-corrected chi connectivity index (χ2v) is 12.6. The molecule has 3 atom stereocenters. The number of piperidine rings is 1. The quantitative estimate of drug-likeness (QED) is 0.454. The Kier molecular flexibility index (Phi) is 6.28. The highest BCUT2D eigenvalue weighted by atomic mass is 16.5. The lowest BCUT2D eigenvalue weighted by Crippen LogP contribution is -2.63. The molecule has 1 aromatic carbocycles. The van der Waals surface area contributed by atoms with Crippen LogP contribution in [0.1, 0.15) is 61.9 Å². The number of amides is 3.